The molecular weight excluding hydrogens is 271 g/mol. The van der Waals surface area contributed by atoms with Gasteiger partial charge in [0.1, 0.15) is 11.6 Å². The first kappa shape index (κ1) is 17.7. The second kappa shape index (κ2) is 8.72. The lowest BCUT2D eigenvalue weighted by molar-refractivity contribution is -0.119. The molecule has 1 rings (SSSR count). The van der Waals surface area contributed by atoms with Gasteiger partial charge < -0.3 is 15.4 Å². The average molecular weight is 291 g/mol. The van der Waals surface area contributed by atoms with Gasteiger partial charge >= 0.3 is 0 Å². The topological polar surface area (TPSA) is 50.4 Å². The number of ether oxygens (including phenoxy) is 1. The maximum absolute atomic E-state index is 13.1. The highest BCUT2D eigenvalue weighted by atomic mass is 35.5. The van der Waals surface area contributed by atoms with E-state index in [2.05, 4.69) is 10.6 Å². The molecule has 1 aromatic carbocycles. The number of nitrogens with one attached hydrogen (secondary N) is 2. The van der Waals surface area contributed by atoms with Crippen molar-refractivity contribution in [3.8, 4) is 5.75 Å². The summed E-state index contributed by atoms with van der Waals surface area (Å²) >= 11 is 0. The predicted octanol–water partition coefficient (Wildman–Crippen LogP) is 2.44. The molecule has 0 heterocycles. The molecule has 1 amide bonds. The van der Waals surface area contributed by atoms with Crippen LogP contribution >= 0.6 is 12.4 Å². The van der Waals surface area contributed by atoms with Crippen molar-refractivity contribution in [1.29, 1.82) is 0 Å². The van der Waals surface area contributed by atoms with Gasteiger partial charge in [-0.2, -0.15) is 0 Å². The molecule has 0 bridgehead atoms. The normalized spacial score (nSPS) is 11.4. The van der Waals surface area contributed by atoms with Gasteiger partial charge in [-0.25, -0.2) is 4.39 Å². The van der Waals surface area contributed by atoms with Gasteiger partial charge in [-0.05, 0) is 26.1 Å². The molecule has 0 aromatic heterocycles. The van der Waals surface area contributed by atoms with Crippen LogP contribution in [-0.2, 0) is 4.79 Å². The van der Waals surface area contributed by atoms with Crippen LogP contribution in [0.25, 0.3) is 0 Å². The summed E-state index contributed by atoms with van der Waals surface area (Å²) < 4.78 is 18.4. The third-order valence-corrected chi connectivity index (χ3v) is 2.46. The molecule has 0 aliphatic carbocycles. The van der Waals surface area contributed by atoms with Crippen LogP contribution < -0.4 is 15.4 Å². The quantitative estimate of drug-likeness (QED) is 0.846. The second-order valence-electron chi connectivity index (χ2n) is 4.02. The van der Waals surface area contributed by atoms with Crippen molar-refractivity contribution < 1.29 is 13.9 Å². The van der Waals surface area contributed by atoms with Crippen molar-refractivity contribution in [2.24, 2.45) is 5.92 Å². The van der Waals surface area contributed by atoms with Crippen LogP contribution in [0.3, 0.4) is 0 Å². The fourth-order valence-electron chi connectivity index (χ4n) is 1.53. The highest BCUT2D eigenvalue weighted by molar-refractivity contribution is 5.93. The number of halogens is 2. The molecule has 2 N–H and O–H groups in total. The van der Waals surface area contributed by atoms with Crippen molar-refractivity contribution in [3.05, 3.63) is 24.0 Å². The molecule has 19 heavy (non-hydrogen) atoms. The molecule has 0 radical (unpaired) electrons. The summed E-state index contributed by atoms with van der Waals surface area (Å²) in [6, 6.07) is 4.06. The molecule has 0 spiro atoms. The zero-order chi connectivity index (χ0) is 13.5. The minimum atomic E-state index is -0.389. The Morgan fingerprint density at radius 1 is 1.47 bits per heavy atom. The molecule has 108 valence electrons. The zero-order valence-electron chi connectivity index (χ0n) is 11.3. The van der Waals surface area contributed by atoms with Crippen LogP contribution in [0.15, 0.2) is 18.2 Å². The van der Waals surface area contributed by atoms with Crippen molar-refractivity contribution in [1.82, 2.24) is 5.32 Å². The molecule has 1 atom stereocenters. The van der Waals surface area contributed by atoms with Crippen LogP contribution in [0.1, 0.15) is 13.8 Å². The summed E-state index contributed by atoms with van der Waals surface area (Å²) in [4.78, 5) is 11.8. The van der Waals surface area contributed by atoms with Crippen molar-refractivity contribution in [2.75, 3.05) is 25.5 Å². The first-order valence-corrected chi connectivity index (χ1v) is 5.96. The second-order valence-corrected chi connectivity index (χ2v) is 4.02. The number of hydrogen-bond acceptors (Lipinski definition) is 3. The summed E-state index contributed by atoms with van der Waals surface area (Å²) in [6.45, 7) is 4.62. The van der Waals surface area contributed by atoms with Gasteiger partial charge in [0, 0.05) is 18.5 Å². The van der Waals surface area contributed by atoms with Crippen molar-refractivity contribution in [2.45, 2.75) is 13.8 Å². The standard InChI is InChI=1S/C13H19FN2O2.ClH/c1-4-18-12-7-10(14)5-6-11(12)16-13(17)9(2)8-15-3;/h5-7,9,15H,4,8H2,1-3H3,(H,16,17);1H. The predicted molar refractivity (Wildman–Crippen MR) is 76.5 cm³/mol. The zero-order valence-corrected chi connectivity index (χ0v) is 12.1. The van der Waals surface area contributed by atoms with E-state index < -0.39 is 0 Å². The molecule has 1 unspecified atom stereocenters. The minimum Gasteiger partial charge on any atom is -0.492 e. The van der Waals surface area contributed by atoms with E-state index in [-0.39, 0.29) is 30.0 Å². The summed E-state index contributed by atoms with van der Waals surface area (Å²) in [5.41, 5.74) is 0.492. The Morgan fingerprint density at radius 2 is 2.16 bits per heavy atom. The number of rotatable bonds is 6. The van der Waals surface area contributed by atoms with E-state index in [1.807, 2.05) is 6.92 Å². The Morgan fingerprint density at radius 3 is 2.74 bits per heavy atom. The molecule has 1 aromatic rings. The summed E-state index contributed by atoms with van der Waals surface area (Å²) in [5.74, 6) is -0.339. The van der Waals surface area contributed by atoms with Crippen LogP contribution in [0.5, 0.6) is 5.75 Å². The molecule has 4 nitrogen and oxygen atoms in total. The number of hydrogen-bond donors (Lipinski definition) is 2. The maximum atomic E-state index is 13.1. The highest BCUT2D eigenvalue weighted by Crippen LogP contribution is 2.25. The summed E-state index contributed by atoms with van der Waals surface area (Å²) in [5, 5.41) is 5.67. The summed E-state index contributed by atoms with van der Waals surface area (Å²) in [7, 11) is 1.79. The highest BCUT2D eigenvalue weighted by Gasteiger charge is 2.14. The van der Waals surface area contributed by atoms with Gasteiger partial charge in [-0.15, -0.1) is 12.4 Å². The largest absolute Gasteiger partial charge is 0.492 e. The van der Waals surface area contributed by atoms with Gasteiger partial charge in [-0.1, -0.05) is 6.92 Å². The van der Waals surface area contributed by atoms with Crippen LogP contribution in [0, 0.1) is 11.7 Å². The Hall–Kier alpha value is -1.33. The molecule has 6 heteroatoms. The third-order valence-electron chi connectivity index (χ3n) is 2.46. The first-order valence-electron chi connectivity index (χ1n) is 5.96. The van der Waals surface area contributed by atoms with Crippen LogP contribution in [0.4, 0.5) is 10.1 Å². The fraction of sp³-hybridized carbons (Fsp3) is 0.462. The van der Waals surface area contributed by atoms with Gasteiger partial charge in [0.2, 0.25) is 5.91 Å². The van der Waals surface area contributed by atoms with Gasteiger partial charge in [0.25, 0.3) is 0 Å². The van der Waals surface area contributed by atoms with E-state index in [1.54, 1.807) is 14.0 Å². The molecule has 0 saturated heterocycles. The van der Waals surface area contributed by atoms with Gasteiger partial charge in [0.15, 0.2) is 0 Å². The molecule has 0 fully saturated rings. The SMILES string of the molecule is CCOc1cc(F)ccc1NC(=O)C(C)CNC.Cl. The first-order chi connectivity index (χ1) is 8.58. The Bertz CT molecular complexity index is 416. The summed E-state index contributed by atoms with van der Waals surface area (Å²) in [6.07, 6.45) is 0. The molecule has 0 aliphatic heterocycles. The van der Waals surface area contributed by atoms with E-state index in [0.29, 0.717) is 24.6 Å². The fourth-order valence-corrected chi connectivity index (χ4v) is 1.53. The van der Waals surface area contributed by atoms with Crippen LogP contribution in [-0.4, -0.2) is 26.1 Å². The minimum absolute atomic E-state index is 0. The van der Waals surface area contributed by atoms with E-state index in [0.717, 1.165) is 0 Å². The third kappa shape index (κ3) is 5.44. The van der Waals surface area contributed by atoms with E-state index in [9.17, 15) is 9.18 Å². The Labute approximate surface area is 119 Å². The number of carbonyl (C=O) groups is 1. The lowest BCUT2D eigenvalue weighted by atomic mass is 10.1. The number of amides is 1. The number of benzene rings is 1. The smallest absolute Gasteiger partial charge is 0.228 e. The van der Waals surface area contributed by atoms with Gasteiger partial charge in [-0.3, -0.25) is 4.79 Å². The van der Waals surface area contributed by atoms with E-state index in [4.69, 9.17) is 4.74 Å². The number of carbonyl (C=O) groups excluding carboxylic acids is 1. The lowest BCUT2D eigenvalue weighted by Crippen LogP contribution is -2.28. The maximum Gasteiger partial charge on any atom is 0.228 e. The van der Waals surface area contributed by atoms with Crippen molar-refractivity contribution >= 4 is 24.0 Å². The van der Waals surface area contributed by atoms with Crippen LogP contribution in [0.2, 0.25) is 0 Å². The van der Waals surface area contributed by atoms with Gasteiger partial charge in [0.05, 0.1) is 12.3 Å². The Kier molecular flexibility index (Phi) is 8.11. The molecule has 0 aliphatic rings. The lowest BCUT2D eigenvalue weighted by Gasteiger charge is -2.14. The monoisotopic (exact) mass is 290 g/mol. The van der Waals surface area contributed by atoms with Crippen molar-refractivity contribution in [3.63, 3.8) is 0 Å². The van der Waals surface area contributed by atoms with E-state index >= 15 is 0 Å². The Balaban J connectivity index is 0.00000324. The van der Waals surface area contributed by atoms with E-state index in [1.165, 1.54) is 18.2 Å². The molecular formula is C13H20ClFN2O2. The number of anilines is 1. The average Bonchev–Trinajstić information content (AvgIpc) is 2.33. The molecule has 0 saturated carbocycles.